The van der Waals surface area contributed by atoms with E-state index in [0.717, 1.165) is 22.0 Å². The molecule has 1 aromatic carbocycles. The van der Waals surface area contributed by atoms with Gasteiger partial charge in [-0.25, -0.2) is 18.9 Å². The molecule has 29 heavy (non-hydrogen) atoms. The maximum Gasteiger partial charge on any atom is 0.447 e. The molecule has 8 nitrogen and oxygen atoms in total. The second-order valence-corrected chi connectivity index (χ2v) is 9.70. The highest BCUT2D eigenvalue weighted by molar-refractivity contribution is 8.00. The topological polar surface area (TPSA) is 77.8 Å². The van der Waals surface area contributed by atoms with Crippen LogP contribution in [0.15, 0.2) is 28.3 Å². The van der Waals surface area contributed by atoms with Crippen molar-refractivity contribution in [3.05, 3.63) is 28.8 Å². The van der Waals surface area contributed by atoms with Gasteiger partial charge in [-0.1, -0.05) is 16.8 Å². The lowest BCUT2D eigenvalue weighted by Crippen LogP contribution is -2.37. The van der Waals surface area contributed by atoms with E-state index in [1.54, 1.807) is 43.2 Å². The Labute approximate surface area is 185 Å². The summed E-state index contributed by atoms with van der Waals surface area (Å²) in [5.74, 6) is 0. The number of oxime groups is 1. The molecule has 0 atom stereocenters. The Balaban J connectivity index is 2.61. The van der Waals surface area contributed by atoms with Crippen LogP contribution in [0.2, 0.25) is 5.02 Å². The average molecular weight is 460 g/mol. The number of carbonyl (C=O) groups is 2. The van der Waals surface area contributed by atoms with Crippen molar-refractivity contribution >= 4 is 65.9 Å². The number of hydrogen-bond acceptors (Lipinski definition) is 7. The molecule has 0 spiro atoms. The monoisotopic (exact) mass is 459 g/mol. The lowest BCUT2D eigenvalue weighted by Gasteiger charge is -2.24. The number of carbonyl (C=O) groups excluding carboxylic acids is 2. The van der Waals surface area contributed by atoms with E-state index in [0.29, 0.717) is 10.7 Å². The van der Waals surface area contributed by atoms with Crippen molar-refractivity contribution in [1.29, 1.82) is 0 Å². The Morgan fingerprint density at radius 3 is 2.45 bits per heavy atom. The van der Waals surface area contributed by atoms with Gasteiger partial charge in [-0.2, -0.15) is 11.8 Å². The maximum absolute atomic E-state index is 12.5. The molecule has 0 aliphatic carbocycles. The predicted molar refractivity (Wildman–Crippen MR) is 123 cm³/mol. The summed E-state index contributed by atoms with van der Waals surface area (Å²) in [5.41, 5.74) is 1.60. The van der Waals surface area contributed by atoms with E-state index in [2.05, 4.69) is 10.1 Å². The van der Waals surface area contributed by atoms with Crippen LogP contribution in [0.25, 0.3) is 0 Å². The first-order chi connectivity index (χ1) is 13.5. The number of halogens is 1. The Hall–Kier alpha value is -1.91. The molecule has 0 aliphatic rings. The van der Waals surface area contributed by atoms with Gasteiger partial charge in [0.15, 0.2) is 0 Å². The fraction of sp³-hybridized carbons (Fsp3) is 0.444. The number of rotatable bonds is 7. The second-order valence-electron chi connectivity index (χ2n) is 6.54. The highest BCUT2D eigenvalue weighted by Crippen LogP contribution is 2.22. The molecule has 1 rings (SSSR count). The lowest BCUT2D eigenvalue weighted by atomic mass is 10.2. The van der Waals surface area contributed by atoms with Crippen molar-refractivity contribution in [2.24, 2.45) is 10.1 Å². The molecule has 0 aromatic heterocycles. The first-order valence-electron chi connectivity index (χ1n) is 8.50. The zero-order valence-electron chi connectivity index (χ0n) is 17.5. The molecule has 160 valence electrons. The van der Waals surface area contributed by atoms with Crippen LogP contribution < -0.4 is 0 Å². The molecule has 0 N–H and O–H groups in total. The third kappa shape index (κ3) is 8.55. The van der Waals surface area contributed by atoms with Gasteiger partial charge in [-0.3, -0.25) is 14.0 Å². The predicted octanol–water partition coefficient (Wildman–Crippen LogP) is 5.05. The van der Waals surface area contributed by atoms with Gasteiger partial charge >= 0.3 is 12.1 Å². The minimum Gasteiger partial charge on any atom is -0.298 e. The molecule has 0 radical (unpaired) electrons. The quantitative estimate of drug-likeness (QED) is 0.187. The summed E-state index contributed by atoms with van der Waals surface area (Å²) < 4.78 is 2.19. The van der Waals surface area contributed by atoms with Crippen LogP contribution in [-0.4, -0.2) is 70.3 Å². The zero-order chi connectivity index (χ0) is 22.2. The molecule has 0 unspecified atom stereocenters. The molecular weight excluding hydrogens is 434 g/mol. The van der Waals surface area contributed by atoms with E-state index in [-0.39, 0.29) is 10.8 Å². The van der Waals surface area contributed by atoms with Gasteiger partial charge in [0, 0.05) is 30.9 Å². The molecule has 3 amide bonds. The van der Waals surface area contributed by atoms with Gasteiger partial charge in [-0.15, -0.1) is 0 Å². The van der Waals surface area contributed by atoms with Gasteiger partial charge in [0.05, 0.1) is 30.4 Å². The van der Waals surface area contributed by atoms with Crippen LogP contribution in [0.4, 0.5) is 15.3 Å². The fourth-order valence-electron chi connectivity index (χ4n) is 1.74. The van der Waals surface area contributed by atoms with Crippen LogP contribution in [0.3, 0.4) is 0 Å². The van der Waals surface area contributed by atoms with Crippen molar-refractivity contribution in [3.63, 3.8) is 0 Å². The Morgan fingerprint density at radius 1 is 1.21 bits per heavy atom. The van der Waals surface area contributed by atoms with E-state index in [1.165, 1.54) is 29.6 Å². The highest BCUT2D eigenvalue weighted by Gasteiger charge is 2.20. The van der Waals surface area contributed by atoms with Crippen LogP contribution in [0, 0.1) is 6.92 Å². The number of amides is 3. The average Bonchev–Trinajstić information content (AvgIpc) is 2.66. The highest BCUT2D eigenvalue weighted by atomic mass is 35.5. The summed E-state index contributed by atoms with van der Waals surface area (Å²) in [4.78, 5) is 34.9. The molecule has 0 fully saturated rings. The molecule has 0 heterocycles. The maximum atomic E-state index is 12.5. The van der Waals surface area contributed by atoms with Gasteiger partial charge in [0.2, 0.25) is 0 Å². The van der Waals surface area contributed by atoms with Crippen LogP contribution in [0.5, 0.6) is 0 Å². The molecular formula is C18H26ClN5O3S2. The minimum atomic E-state index is -0.698. The number of thioether (sulfide) groups is 1. The number of benzene rings is 1. The Kier molecular flexibility index (Phi) is 9.81. The summed E-state index contributed by atoms with van der Waals surface area (Å²) in [5, 5.41) is 4.33. The number of urea groups is 1. The number of hydrogen-bond donors (Lipinski definition) is 0. The summed E-state index contributed by atoms with van der Waals surface area (Å²) in [6.07, 6.45) is 4.19. The van der Waals surface area contributed by atoms with E-state index < -0.39 is 6.09 Å². The number of aryl methyl sites for hydroxylation is 1. The van der Waals surface area contributed by atoms with Crippen LogP contribution in [0.1, 0.15) is 19.4 Å². The zero-order valence-corrected chi connectivity index (χ0v) is 19.9. The molecule has 0 saturated heterocycles. The van der Waals surface area contributed by atoms with Crippen molar-refractivity contribution in [2.75, 3.05) is 27.4 Å². The molecule has 1 aromatic rings. The SMILES string of the molecule is CSC(C)(C)C=NOC(=O)N(C)SN(C)C(=O)N(C)C=Nc1ccc(Cl)cc1C. The van der Waals surface area contributed by atoms with Crippen molar-refractivity contribution < 1.29 is 14.4 Å². The van der Waals surface area contributed by atoms with E-state index in [1.807, 2.05) is 27.0 Å². The van der Waals surface area contributed by atoms with Gasteiger partial charge < -0.3 is 0 Å². The third-order valence-electron chi connectivity index (χ3n) is 3.62. The van der Waals surface area contributed by atoms with E-state index in [4.69, 9.17) is 16.4 Å². The summed E-state index contributed by atoms with van der Waals surface area (Å²) >= 11 is 8.38. The Bertz CT molecular complexity index is 789. The van der Waals surface area contributed by atoms with Gasteiger partial charge in [0.25, 0.3) is 0 Å². The summed E-state index contributed by atoms with van der Waals surface area (Å²) in [7, 11) is 4.59. The third-order valence-corrected chi connectivity index (χ3v) is 5.81. The van der Waals surface area contributed by atoms with E-state index >= 15 is 0 Å². The summed E-state index contributed by atoms with van der Waals surface area (Å²) in [6, 6.07) is 4.92. The lowest BCUT2D eigenvalue weighted by molar-refractivity contribution is 0.136. The van der Waals surface area contributed by atoms with Crippen LogP contribution >= 0.6 is 35.5 Å². The first kappa shape index (κ1) is 25.1. The first-order valence-corrected chi connectivity index (χ1v) is 10.8. The van der Waals surface area contributed by atoms with Crippen molar-refractivity contribution in [1.82, 2.24) is 13.5 Å². The molecule has 0 bridgehead atoms. The van der Waals surface area contributed by atoms with Crippen molar-refractivity contribution in [2.45, 2.75) is 25.5 Å². The van der Waals surface area contributed by atoms with Crippen LogP contribution in [-0.2, 0) is 4.84 Å². The standard InChI is InChI=1S/C18H26ClN5O3S2/c1-13-10-14(19)8-9-15(13)20-12-22(4)16(25)23(5)29-24(6)17(26)27-21-11-18(2,3)28-7/h8-12H,1-7H3. The van der Waals surface area contributed by atoms with Crippen molar-refractivity contribution in [3.8, 4) is 0 Å². The normalized spacial score (nSPS) is 11.7. The van der Waals surface area contributed by atoms with Gasteiger partial charge in [-0.05, 0) is 50.8 Å². The second kappa shape index (κ2) is 11.3. The largest absolute Gasteiger partial charge is 0.447 e. The summed E-state index contributed by atoms with van der Waals surface area (Å²) in [6.45, 7) is 5.78. The fourth-order valence-corrected chi connectivity index (χ4v) is 2.79. The number of nitrogens with zero attached hydrogens (tertiary/aromatic N) is 5. The molecule has 11 heteroatoms. The smallest absolute Gasteiger partial charge is 0.298 e. The Morgan fingerprint density at radius 2 is 1.86 bits per heavy atom. The molecule has 0 saturated carbocycles. The number of aliphatic imine (C=N–C) groups is 1. The minimum absolute atomic E-state index is 0.247. The molecule has 0 aliphatic heterocycles. The van der Waals surface area contributed by atoms with Gasteiger partial charge in [0.1, 0.15) is 0 Å². The van der Waals surface area contributed by atoms with E-state index in [9.17, 15) is 9.59 Å².